The Bertz CT molecular complexity index is 1540. The van der Waals surface area contributed by atoms with Crippen molar-refractivity contribution in [1.29, 1.82) is 0 Å². The van der Waals surface area contributed by atoms with Crippen molar-refractivity contribution < 1.29 is 13.9 Å². The number of para-hydroxylation sites is 1. The molecule has 0 saturated heterocycles. The smallest absolute Gasteiger partial charge is 0.248 e. The van der Waals surface area contributed by atoms with Gasteiger partial charge in [-0.2, -0.15) is 0 Å². The van der Waals surface area contributed by atoms with Gasteiger partial charge in [0, 0.05) is 33.8 Å². The molecule has 34 heavy (non-hydrogen) atoms. The molecule has 1 N–H and O–H groups in total. The molecule has 4 aromatic carbocycles. The zero-order valence-corrected chi connectivity index (χ0v) is 19.4. The van der Waals surface area contributed by atoms with Gasteiger partial charge in [0.05, 0.1) is 13.4 Å². The van der Waals surface area contributed by atoms with Crippen LogP contribution in [0, 0.1) is 6.92 Å². The van der Waals surface area contributed by atoms with Gasteiger partial charge in [-0.25, -0.2) is 0 Å². The zero-order valence-electron chi connectivity index (χ0n) is 19.4. The molecule has 0 atom stereocenters. The van der Waals surface area contributed by atoms with Gasteiger partial charge in [-0.15, -0.1) is 0 Å². The first kappa shape index (κ1) is 21.5. The number of ether oxygens (including phenoxy) is 1. The molecule has 0 spiro atoms. The number of allylic oxidation sites excluding steroid dienone is 1. The molecular weight excluding hydrogens is 422 g/mol. The monoisotopic (exact) mass is 447 g/mol. The molecule has 4 nitrogen and oxygen atoms in total. The number of carbonyl (C=O) groups is 1. The fraction of sp³-hybridized carbons (Fsp3) is 0.100. The van der Waals surface area contributed by atoms with Gasteiger partial charge in [-0.05, 0) is 60.0 Å². The summed E-state index contributed by atoms with van der Waals surface area (Å²) in [5, 5.41) is 6.26. The first-order valence-corrected chi connectivity index (χ1v) is 11.2. The van der Waals surface area contributed by atoms with Crippen LogP contribution in [0.1, 0.15) is 18.1 Å². The van der Waals surface area contributed by atoms with Crippen LogP contribution in [0.15, 0.2) is 95.6 Å². The topological polar surface area (TPSA) is 51.5 Å². The van der Waals surface area contributed by atoms with Gasteiger partial charge in [0.2, 0.25) is 5.91 Å². The van der Waals surface area contributed by atoms with Crippen molar-refractivity contribution in [3.05, 3.63) is 102 Å². The second kappa shape index (κ2) is 8.91. The fourth-order valence-corrected chi connectivity index (χ4v) is 4.43. The number of benzene rings is 4. The number of anilines is 1. The van der Waals surface area contributed by atoms with Gasteiger partial charge in [-0.1, -0.05) is 54.6 Å². The number of methoxy groups -OCH3 is 1. The number of fused-ring (bicyclic) bond motifs is 2. The van der Waals surface area contributed by atoms with E-state index < -0.39 is 0 Å². The summed E-state index contributed by atoms with van der Waals surface area (Å²) in [6.45, 7) is 3.90. The molecule has 4 heteroatoms. The summed E-state index contributed by atoms with van der Waals surface area (Å²) in [6.07, 6.45) is 3.40. The number of hydrogen-bond donors (Lipinski definition) is 1. The van der Waals surface area contributed by atoms with E-state index in [9.17, 15) is 4.79 Å². The molecule has 1 aromatic heterocycles. The van der Waals surface area contributed by atoms with Gasteiger partial charge < -0.3 is 14.5 Å². The Hall–Kier alpha value is -4.31. The van der Waals surface area contributed by atoms with Crippen molar-refractivity contribution in [1.82, 2.24) is 0 Å². The molecule has 1 heterocycles. The number of aryl methyl sites for hydroxylation is 1. The van der Waals surface area contributed by atoms with Crippen LogP contribution in [0.4, 0.5) is 5.69 Å². The number of furan rings is 1. The van der Waals surface area contributed by atoms with E-state index in [1.165, 1.54) is 10.8 Å². The molecule has 0 radical (unpaired) electrons. The van der Waals surface area contributed by atoms with E-state index in [0.29, 0.717) is 5.75 Å². The highest BCUT2D eigenvalue weighted by molar-refractivity contribution is 6.06. The summed E-state index contributed by atoms with van der Waals surface area (Å²) in [7, 11) is 1.64. The maximum atomic E-state index is 12.7. The first-order valence-electron chi connectivity index (χ1n) is 11.2. The molecule has 5 aromatic rings. The van der Waals surface area contributed by atoms with E-state index in [1.807, 2.05) is 56.3 Å². The predicted molar refractivity (Wildman–Crippen MR) is 139 cm³/mol. The summed E-state index contributed by atoms with van der Waals surface area (Å²) < 4.78 is 11.8. The quantitative estimate of drug-likeness (QED) is 0.282. The average molecular weight is 448 g/mol. The van der Waals surface area contributed by atoms with Gasteiger partial charge in [0.15, 0.2) is 0 Å². The minimum absolute atomic E-state index is 0.189. The molecule has 0 aliphatic carbocycles. The molecule has 0 saturated carbocycles. The Labute approximate surface area is 198 Å². The largest absolute Gasteiger partial charge is 0.496 e. The Balaban J connectivity index is 1.59. The second-order valence-electron chi connectivity index (χ2n) is 8.35. The molecule has 0 bridgehead atoms. The van der Waals surface area contributed by atoms with Gasteiger partial charge >= 0.3 is 0 Å². The van der Waals surface area contributed by atoms with E-state index >= 15 is 0 Å². The van der Waals surface area contributed by atoms with Crippen molar-refractivity contribution in [2.75, 3.05) is 12.4 Å². The third-order valence-corrected chi connectivity index (χ3v) is 6.12. The Morgan fingerprint density at radius 2 is 1.68 bits per heavy atom. The highest BCUT2D eigenvalue weighted by Crippen LogP contribution is 2.41. The lowest BCUT2D eigenvalue weighted by Gasteiger charge is -2.13. The van der Waals surface area contributed by atoms with Crippen molar-refractivity contribution in [2.45, 2.75) is 13.8 Å². The van der Waals surface area contributed by atoms with Crippen LogP contribution in [0.3, 0.4) is 0 Å². The summed E-state index contributed by atoms with van der Waals surface area (Å²) in [5.41, 5.74) is 6.19. The van der Waals surface area contributed by atoms with Crippen LogP contribution in [0.25, 0.3) is 38.4 Å². The maximum absolute atomic E-state index is 12.7. The van der Waals surface area contributed by atoms with Crippen molar-refractivity contribution in [2.24, 2.45) is 0 Å². The SMILES string of the molecule is COc1c(/C(C)=C/C(=O)Nc2ccccc2)cc2c(-c3ccc4ccccc4c3)coc2c1C. The summed E-state index contributed by atoms with van der Waals surface area (Å²) >= 11 is 0. The van der Waals surface area contributed by atoms with Gasteiger partial charge in [-0.3, -0.25) is 4.79 Å². The van der Waals surface area contributed by atoms with Crippen LogP contribution in [-0.4, -0.2) is 13.0 Å². The summed E-state index contributed by atoms with van der Waals surface area (Å²) in [5.74, 6) is 0.513. The fourth-order valence-electron chi connectivity index (χ4n) is 4.43. The van der Waals surface area contributed by atoms with Crippen LogP contribution in [0.5, 0.6) is 5.75 Å². The van der Waals surface area contributed by atoms with Gasteiger partial charge in [0.1, 0.15) is 11.3 Å². The van der Waals surface area contributed by atoms with E-state index in [2.05, 4.69) is 41.7 Å². The van der Waals surface area contributed by atoms with Crippen molar-refractivity contribution in [3.8, 4) is 16.9 Å². The third kappa shape index (κ3) is 3.95. The molecule has 1 amide bonds. The second-order valence-corrected chi connectivity index (χ2v) is 8.35. The highest BCUT2D eigenvalue weighted by atomic mass is 16.5. The van der Waals surface area contributed by atoms with Crippen LogP contribution in [-0.2, 0) is 4.79 Å². The summed E-state index contributed by atoms with van der Waals surface area (Å²) in [4.78, 5) is 12.7. The lowest BCUT2D eigenvalue weighted by Crippen LogP contribution is -2.08. The number of rotatable bonds is 5. The Morgan fingerprint density at radius 3 is 2.44 bits per heavy atom. The van der Waals surface area contributed by atoms with E-state index in [0.717, 1.165) is 44.5 Å². The molecule has 0 aliphatic rings. The molecule has 0 unspecified atom stereocenters. The molecule has 0 aliphatic heterocycles. The number of carbonyl (C=O) groups excluding carboxylic acids is 1. The van der Waals surface area contributed by atoms with E-state index in [-0.39, 0.29) is 5.91 Å². The number of amides is 1. The zero-order chi connectivity index (χ0) is 23.7. The number of nitrogens with one attached hydrogen (secondary N) is 1. The minimum Gasteiger partial charge on any atom is -0.496 e. The molecule has 168 valence electrons. The number of hydrogen-bond acceptors (Lipinski definition) is 3. The van der Waals surface area contributed by atoms with Crippen molar-refractivity contribution in [3.63, 3.8) is 0 Å². The maximum Gasteiger partial charge on any atom is 0.248 e. The minimum atomic E-state index is -0.189. The van der Waals surface area contributed by atoms with Gasteiger partial charge in [0.25, 0.3) is 0 Å². The van der Waals surface area contributed by atoms with E-state index in [1.54, 1.807) is 19.4 Å². The molecular formula is C30H25NO3. The highest BCUT2D eigenvalue weighted by Gasteiger charge is 2.19. The lowest BCUT2D eigenvalue weighted by atomic mass is 9.95. The van der Waals surface area contributed by atoms with Crippen molar-refractivity contribution >= 4 is 38.9 Å². The predicted octanol–water partition coefficient (Wildman–Crippen LogP) is 7.61. The summed E-state index contributed by atoms with van der Waals surface area (Å²) in [6, 6.07) is 26.2. The molecule has 5 rings (SSSR count). The molecule has 0 fully saturated rings. The Kier molecular flexibility index (Phi) is 5.64. The van der Waals surface area contributed by atoms with E-state index in [4.69, 9.17) is 9.15 Å². The standard InChI is InChI=1S/C30H25NO3/c1-19(15-28(32)31-24-11-5-4-6-12-24)25-17-26-27(18-34-30(26)20(2)29(25)33-3)23-14-13-21-9-7-8-10-22(21)16-23/h4-18H,1-3H3,(H,31,32)/b19-15+. The van der Waals surface area contributed by atoms with Crippen LogP contribution in [0.2, 0.25) is 0 Å². The van der Waals surface area contributed by atoms with Crippen LogP contribution >= 0.6 is 0 Å². The lowest BCUT2D eigenvalue weighted by molar-refractivity contribution is -0.111. The average Bonchev–Trinajstić information content (AvgIpc) is 3.28. The Morgan fingerprint density at radius 1 is 0.941 bits per heavy atom. The first-order chi connectivity index (χ1) is 16.5. The van der Waals surface area contributed by atoms with Crippen LogP contribution < -0.4 is 10.1 Å². The third-order valence-electron chi connectivity index (χ3n) is 6.12. The normalized spacial score (nSPS) is 11.7.